The van der Waals surface area contributed by atoms with Gasteiger partial charge in [0, 0.05) is 45.0 Å². The molecule has 0 bridgehead atoms. The molecule has 1 aromatic rings. The predicted molar refractivity (Wildman–Crippen MR) is 134 cm³/mol. The molecule has 0 radical (unpaired) electrons. The van der Waals surface area contributed by atoms with Crippen LogP contribution in [0.2, 0.25) is 0 Å². The molecule has 11 heteroatoms. The van der Waals surface area contributed by atoms with E-state index in [4.69, 9.17) is 14.2 Å². The number of piperazine rings is 1. The van der Waals surface area contributed by atoms with Crippen LogP contribution in [0.15, 0.2) is 30.3 Å². The molecule has 3 amide bonds. The lowest BCUT2D eigenvalue weighted by atomic mass is 9.86. The van der Waals surface area contributed by atoms with Crippen LogP contribution < -0.4 is 4.90 Å². The molecule has 1 aromatic carbocycles. The van der Waals surface area contributed by atoms with Gasteiger partial charge in [0.1, 0.15) is 12.6 Å². The minimum atomic E-state index is -1.07. The Morgan fingerprint density at radius 3 is 2.16 bits per heavy atom. The third-order valence-corrected chi connectivity index (χ3v) is 7.41. The Labute approximate surface area is 217 Å². The summed E-state index contributed by atoms with van der Waals surface area (Å²) < 4.78 is 15.9. The fraction of sp³-hybridized carbons (Fsp3) is 0.615. The summed E-state index contributed by atoms with van der Waals surface area (Å²) in [6, 6.07) is 8.89. The summed E-state index contributed by atoms with van der Waals surface area (Å²) in [5, 5.41) is 0. The van der Waals surface area contributed by atoms with Crippen molar-refractivity contribution in [2.75, 3.05) is 71.5 Å². The maximum Gasteiger partial charge on any atom is 0.410 e. The van der Waals surface area contributed by atoms with Gasteiger partial charge < -0.3 is 28.9 Å². The van der Waals surface area contributed by atoms with Crippen LogP contribution in [0, 0.1) is 5.92 Å². The first-order chi connectivity index (χ1) is 17.9. The average Bonchev–Trinajstić information content (AvgIpc) is 3.50. The molecule has 4 rings (SSSR count). The Morgan fingerprint density at radius 2 is 1.54 bits per heavy atom. The minimum absolute atomic E-state index is 0.0356. The molecule has 3 saturated heterocycles. The van der Waals surface area contributed by atoms with Crippen molar-refractivity contribution in [3.05, 3.63) is 30.3 Å². The van der Waals surface area contributed by atoms with E-state index in [0.717, 1.165) is 18.5 Å². The van der Waals surface area contributed by atoms with Crippen molar-refractivity contribution in [2.45, 2.75) is 31.4 Å². The van der Waals surface area contributed by atoms with Crippen LogP contribution in [-0.2, 0) is 28.6 Å². The molecule has 0 saturated carbocycles. The zero-order valence-corrected chi connectivity index (χ0v) is 21.5. The van der Waals surface area contributed by atoms with Gasteiger partial charge in [0.15, 0.2) is 0 Å². The molecule has 37 heavy (non-hydrogen) atoms. The number of rotatable bonds is 6. The van der Waals surface area contributed by atoms with E-state index in [1.165, 1.54) is 19.1 Å². The van der Waals surface area contributed by atoms with Crippen molar-refractivity contribution in [3.8, 4) is 0 Å². The van der Waals surface area contributed by atoms with Crippen molar-refractivity contribution in [1.29, 1.82) is 0 Å². The number of amides is 3. The van der Waals surface area contributed by atoms with Gasteiger partial charge in [0.25, 0.3) is 0 Å². The van der Waals surface area contributed by atoms with Crippen LogP contribution in [0.5, 0.6) is 0 Å². The first kappa shape index (κ1) is 26.7. The molecule has 0 N–H and O–H groups in total. The van der Waals surface area contributed by atoms with E-state index >= 15 is 0 Å². The van der Waals surface area contributed by atoms with Gasteiger partial charge in [-0.3, -0.25) is 19.3 Å². The highest BCUT2D eigenvalue weighted by Gasteiger charge is 2.49. The van der Waals surface area contributed by atoms with Gasteiger partial charge in [-0.15, -0.1) is 0 Å². The molecule has 3 atom stereocenters. The van der Waals surface area contributed by atoms with E-state index in [9.17, 15) is 19.2 Å². The number of hydrogen-bond donors (Lipinski definition) is 0. The third-order valence-electron chi connectivity index (χ3n) is 7.41. The Kier molecular flexibility index (Phi) is 8.86. The van der Waals surface area contributed by atoms with E-state index in [1.54, 1.807) is 9.80 Å². The maximum atomic E-state index is 13.8. The number of carbonyl (C=O) groups is 4. The molecule has 3 fully saturated rings. The highest BCUT2D eigenvalue weighted by Crippen LogP contribution is 2.30. The average molecular weight is 517 g/mol. The topological polar surface area (TPSA) is 109 Å². The Hall–Kier alpha value is -3.34. The van der Waals surface area contributed by atoms with Crippen LogP contribution >= 0.6 is 0 Å². The number of piperidine rings is 1. The van der Waals surface area contributed by atoms with Gasteiger partial charge >= 0.3 is 12.1 Å². The van der Waals surface area contributed by atoms with Crippen molar-refractivity contribution >= 4 is 29.6 Å². The van der Waals surface area contributed by atoms with Gasteiger partial charge in [-0.25, -0.2) is 4.79 Å². The van der Waals surface area contributed by atoms with Gasteiger partial charge in [0.05, 0.1) is 32.8 Å². The first-order valence-electron chi connectivity index (χ1n) is 12.8. The van der Waals surface area contributed by atoms with Crippen LogP contribution in [0.4, 0.5) is 10.5 Å². The quantitative estimate of drug-likeness (QED) is 0.515. The number of esters is 1. The number of methoxy groups -OCH3 is 2. The lowest BCUT2D eigenvalue weighted by molar-refractivity contribution is -0.161. The monoisotopic (exact) mass is 516 g/mol. The molecular formula is C26H36N4O7. The summed E-state index contributed by atoms with van der Waals surface area (Å²) in [7, 11) is 2.49. The van der Waals surface area contributed by atoms with Crippen LogP contribution in [-0.4, -0.2) is 117 Å². The molecule has 202 valence electrons. The Bertz CT molecular complexity index is 935. The highest BCUT2D eigenvalue weighted by molar-refractivity contribution is 5.91. The van der Waals surface area contributed by atoms with Crippen LogP contribution in [0.3, 0.4) is 0 Å². The standard InChI is InChI=1S/C26H36N4O7/c1-35-25(33)21-16-20(37-18-22(31)28-10-6-7-11-28)17-30(26(34)36-2)23(21)24(32)29-14-12-27(13-15-29)19-8-4-3-5-9-19/h3-5,8-9,20-21,23H,6-7,10-18H2,1-2H3/t20-,21-,23-/m0/s1. The normalized spacial score (nSPS) is 24.1. The van der Waals surface area contributed by atoms with Crippen LogP contribution in [0.25, 0.3) is 0 Å². The third kappa shape index (κ3) is 6.15. The molecule has 0 spiro atoms. The van der Waals surface area contributed by atoms with E-state index in [-0.39, 0.29) is 31.4 Å². The number of para-hydroxylation sites is 1. The molecular weight excluding hydrogens is 480 g/mol. The maximum absolute atomic E-state index is 13.8. The number of ether oxygens (including phenoxy) is 3. The fourth-order valence-electron chi connectivity index (χ4n) is 5.40. The van der Waals surface area contributed by atoms with Crippen molar-refractivity contribution in [2.24, 2.45) is 5.92 Å². The summed E-state index contributed by atoms with van der Waals surface area (Å²) in [6.45, 7) is 3.48. The summed E-state index contributed by atoms with van der Waals surface area (Å²) >= 11 is 0. The van der Waals surface area contributed by atoms with Gasteiger partial charge in [-0.05, 0) is 31.4 Å². The number of hydrogen-bond acceptors (Lipinski definition) is 8. The summed E-state index contributed by atoms with van der Waals surface area (Å²) in [5.74, 6) is -1.98. The zero-order valence-electron chi connectivity index (χ0n) is 21.5. The molecule has 0 unspecified atom stereocenters. The van der Waals surface area contributed by atoms with Gasteiger partial charge in [-0.2, -0.15) is 0 Å². The Morgan fingerprint density at radius 1 is 0.865 bits per heavy atom. The predicted octanol–water partition coefficient (Wildman–Crippen LogP) is 0.973. The molecule has 11 nitrogen and oxygen atoms in total. The number of anilines is 1. The summed E-state index contributed by atoms with van der Waals surface area (Å²) in [5.41, 5.74) is 1.08. The van der Waals surface area contributed by atoms with E-state index in [2.05, 4.69) is 4.90 Å². The minimum Gasteiger partial charge on any atom is -0.469 e. The van der Waals surface area contributed by atoms with Crippen molar-refractivity contribution < 1.29 is 33.4 Å². The second-order valence-corrected chi connectivity index (χ2v) is 9.60. The van der Waals surface area contributed by atoms with E-state index < -0.39 is 30.1 Å². The molecule has 0 aliphatic carbocycles. The summed E-state index contributed by atoms with van der Waals surface area (Å²) in [6.07, 6.45) is 0.759. The smallest absolute Gasteiger partial charge is 0.410 e. The molecule has 3 aliphatic rings. The highest BCUT2D eigenvalue weighted by atomic mass is 16.5. The lowest BCUT2D eigenvalue weighted by Crippen LogP contribution is -2.63. The Balaban J connectivity index is 1.46. The zero-order chi connectivity index (χ0) is 26.4. The second-order valence-electron chi connectivity index (χ2n) is 9.60. The summed E-state index contributed by atoms with van der Waals surface area (Å²) in [4.78, 5) is 58.8. The number of likely N-dealkylation sites (tertiary alicyclic amines) is 2. The number of nitrogens with zero attached hydrogens (tertiary/aromatic N) is 4. The van der Waals surface area contributed by atoms with Crippen LogP contribution in [0.1, 0.15) is 19.3 Å². The molecule has 3 aliphatic heterocycles. The van der Waals surface area contributed by atoms with Gasteiger partial charge in [0.2, 0.25) is 11.8 Å². The van der Waals surface area contributed by atoms with E-state index in [0.29, 0.717) is 39.3 Å². The lowest BCUT2D eigenvalue weighted by Gasteiger charge is -2.44. The second kappa shape index (κ2) is 12.3. The largest absolute Gasteiger partial charge is 0.469 e. The fourth-order valence-corrected chi connectivity index (χ4v) is 5.40. The van der Waals surface area contributed by atoms with Gasteiger partial charge in [-0.1, -0.05) is 18.2 Å². The number of benzene rings is 1. The molecule has 0 aromatic heterocycles. The van der Waals surface area contributed by atoms with Crippen molar-refractivity contribution in [1.82, 2.24) is 14.7 Å². The molecule has 3 heterocycles. The van der Waals surface area contributed by atoms with Crippen molar-refractivity contribution in [3.63, 3.8) is 0 Å². The van der Waals surface area contributed by atoms with E-state index in [1.807, 2.05) is 30.3 Å². The first-order valence-corrected chi connectivity index (χ1v) is 12.8. The number of carbonyl (C=O) groups excluding carboxylic acids is 4. The SMILES string of the molecule is COC(=O)[C@H]1C[C@H](OCC(=O)N2CCCC2)CN(C(=O)OC)[C@@H]1C(=O)N1CCN(c2ccccc2)CC1.